The third-order valence-electron chi connectivity index (χ3n) is 5.02. The number of ether oxygens (including phenoxy) is 2. The number of anilines is 2. The standard InChI is InChI=1S/C23H27N3O5/c1-14(2)24-23(29)17-7-5-6-8-18(17)25-22(28)15-11-21(27)26(13-15)19-12-16(30-3)9-10-20(19)31-4/h5-10,12,14-15H,11,13H2,1-4H3,(H,24,29)(H,25,28)/t15-/m0/s1. The molecule has 1 heterocycles. The molecule has 2 aromatic rings. The second kappa shape index (κ2) is 9.51. The van der Waals surface area contributed by atoms with Crippen molar-refractivity contribution in [2.75, 3.05) is 31.0 Å². The van der Waals surface area contributed by atoms with E-state index in [1.165, 1.54) is 12.0 Å². The molecule has 0 radical (unpaired) electrons. The Morgan fingerprint density at radius 2 is 1.84 bits per heavy atom. The fraction of sp³-hybridized carbons (Fsp3) is 0.348. The summed E-state index contributed by atoms with van der Waals surface area (Å²) in [6, 6.07) is 12.0. The maximum Gasteiger partial charge on any atom is 0.253 e. The van der Waals surface area contributed by atoms with Crippen LogP contribution >= 0.6 is 0 Å². The van der Waals surface area contributed by atoms with Gasteiger partial charge in [0.25, 0.3) is 5.91 Å². The van der Waals surface area contributed by atoms with E-state index in [9.17, 15) is 14.4 Å². The molecule has 3 rings (SSSR count). The van der Waals surface area contributed by atoms with E-state index in [4.69, 9.17) is 9.47 Å². The van der Waals surface area contributed by atoms with E-state index in [-0.39, 0.29) is 36.7 Å². The monoisotopic (exact) mass is 425 g/mol. The number of nitrogens with zero attached hydrogens (tertiary/aromatic N) is 1. The minimum absolute atomic E-state index is 0.0323. The molecule has 0 aromatic heterocycles. The van der Waals surface area contributed by atoms with Gasteiger partial charge in [0.2, 0.25) is 11.8 Å². The number of amides is 3. The van der Waals surface area contributed by atoms with Crippen molar-refractivity contribution in [1.82, 2.24) is 5.32 Å². The molecule has 0 spiro atoms. The zero-order valence-electron chi connectivity index (χ0n) is 18.1. The lowest BCUT2D eigenvalue weighted by Crippen LogP contribution is -2.32. The van der Waals surface area contributed by atoms with E-state index >= 15 is 0 Å². The molecule has 1 aliphatic heterocycles. The normalized spacial score (nSPS) is 15.7. The highest BCUT2D eigenvalue weighted by Crippen LogP contribution is 2.36. The second-order valence-electron chi connectivity index (χ2n) is 7.61. The lowest BCUT2D eigenvalue weighted by atomic mass is 10.1. The summed E-state index contributed by atoms with van der Waals surface area (Å²) in [5.41, 5.74) is 1.34. The first-order chi connectivity index (χ1) is 14.8. The molecule has 31 heavy (non-hydrogen) atoms. The van der Waals surface area contributed by atoms with Crippen LogP contribution in [0, 0.1) is 5.92 Å². The Balaban J connectivity index is 1.77. The number of carbonyl (C=O) groups is 3. The molecular formula is C23H27N3O5. The van der Waals surface area contributed by atoms with Crippen LogP contribution in [0.4, 0.5) is 11.4 Å². The second-order valence-corrected chi connectivity index (χ2v) is 7.61. The third kappa shape index (κ3) is 4.96. The Kier molecular flexibility index (Phi) is 6.79. The van der Waals surface area contributed by atoms with Gasteiger partial charge in [0.15, 0.2) is 0 Å². The van der Waals surface area contributed by atoms with Gasteiger partial charge in [-0.15, -0.1) is 0 Å². The molecule has 1 aliphatic rings. The Labute approximate surface area is 181 Å². The number of hydrogen-bond donors (Lipinski definition) is 2. The molecular weight excluding hydrogens is 398 g/mol. The third-order valence-corrected chi connectivity index (χ3v) is 5.02. The van der Waals surface area contributed by atoms with Gasteiger partial charge < -0.3 is 25.0 Å². The van der Waals surface area contributed by atoms with Crippen molar-refractivity contribution >= 4 is 29.1 Å². The first-order valence-corrected chi connectivity index (χ1v) is 10.1. The highest BCUT2D eigenvalue weighted by atomic mass is 16.5. The van der Waals surface area contributed by atoms with Gasteiger partial charge in [-0.3, -0.25) is 14.4 Å². The number of para-hydroxylation sites is 1. The van der Waals surface area contributed by atoms with Crippen molar-refractivity contribution in [3.8, 4) is 11.5 Å². The highest BCUT2D eigenvalue weighted by molar-refractivity contribution is 6.07. The Morgan fingerprint density at radius 3 is 2.52 bits per heavy atom. The molecule has 0 unspecified atom stereocenters. The maximum atomic E-state index is 12.9. The Bertz CT molecular complexity index is 989. The van der Waals surface area contributed by atoms with Crippen molar-refractivity contribution in [3.05, 3.63) is 48.0 Å². The molecule has 8 heteroatoms. The zero-order valence-corrected chi connectivity index (χ0v) is 18.1. The van der Waals surface area contributed by atoms with Crippen LogP contribution in [0.3, 0.4) is 0 Å². The summed E-state index contributed by atoms with van der Waals surface area (Å²) < 4.78 is 10.6. The molecule has 3 amide bonds. The summed E-state index contributed by atoms with van der Waals surface area (Å²) in [4.78, 5) is 39.6. The Hall–Kier alpha value is -3.55. The largest absolute Gasteiger partial charge is 0.497 e. The fourth-order valence-electron chi connectivity index (χ4n) is 3.49. The lowest BCUT2D eigenvalue weighted by molar-refractivity contribution is -0.122. The minimum atomic E-state index is -0.565. The number of methoxy groups -OCH3 is 2. The highest BCUT2D eigenvalue weighted by Gasteiger charge is 2.36. The van der Waals surface area contributed by atoms with Crippen molar-refractivity contribution in [3.63, 3.8) is 0 Å². The fourth-order valence-corrected chi connectivity index (χ4v) is 3.49. The molecule has 8 nitrogen and oxygen atoms in total. The molecule has 2 N–H and O–H groups in total. The molecule has 0 aliphatic carbocycles. The Morgan fingerprint density at radius 1 is 1.10 bits per heavy atom. The molecule has 1 fully saturated rings. The van der Waals surface area contributed by atoms with Crippen LogP contribution in [0.2, 0.25) is 0 Å². The summed E-state index contributed by atoms with van der Waals surface area (Å²) in [5, 5.41) is 5.64. The smallest absolute Gasteiger partial charge is 0.253 e. The van der Waals surface area contributed by atoms with Crippen molar-refractivity contribution in [2.45, 2.75) is 26.3 Å². The average molecular weight is 425 g/mol. The topological polar surface area (TPSA) is 97.0 Å². The van der Waals surface area contributed by atoms with E-state index in [2.05, 4.69) is 10.6 Å². The number of nitrogens with one attached hydrogen (secondary N) is 2. The van der Waals surface area contributed by atoms with Gasteiger partial charge in [-0.2, -0.15) is 0 Å². The van der Waals surface area contributed by atoms with E-state index in [1.807, 2.05) is 13.8 Å². The van der Waals surface area contributed by atoms with Gasteiger partial charge in [0.05, 0.1) is 37.1 Å². The number of carbonyl (C=O) groups excluding carboxylic acids is 3. The van der Waals surface area contributed by atoms with E-state index in [1.54, 1.807) is 49.6 Å². The van der Waals surface area contributed by atoms with Crippen LogP contribution in [0.5, 0.6) is 11.5 Å². The molecule has 1 atom stereocenters. The van der Waals surface area contributed by atoms with Crippen LogP contribution in [0.15, 0.2) is 42.5 Å². The van der Waals surface area contributed by atoms with Gasteiger partial charge in [-0.1, -0.05) is 12.1 Å². The molecule has 1 saturated heterocycles. The van der Waals surface area contributed by atoms with Crippen LogP contribution < -0.4 is 25.0 Å². The lowest BCUT2D eigenvalue weighted by Gasteiger charge is -2.20. The average Bonchev–Trinajstić information content (AvgIpc) is 3.14. The predicted octanol–water partition coefficient (Wildman–Crippen LogP) is 2.83. The predicted molar refractivity (Wildman–Crippen MR) is 118 cm³/mol. The molecule has 0 saturated carbocycles. The number of hydrogen-bond acceptors (Lipinski definition) is 5. The van der Waals surface area contributed by atoms with Crippen LogP contribution in [-0.4, -0.2) is 44.5 Å². The first-order valence-electron chi connectivity index (χ1n) is 10.1. The summed E-state index contributed by atoms with van der Waals surface area (Å²) in [6.07, 6.45) is 0.0621. The van der Waals surface area contributed by atoms with Crippen LogP contribution in [0.1, 0.15) is 30.6 Å². The van der Waals surface area contributed by atoms with Gasteiger partial charge in [-0.25, -0.2) is 0 Å². The summed E-state index contributed by atoms with van der Waals surface area (Å²) in [6.45, 7) is 3.93. The minimum Gasteiger partial charge on any atom is -0.497 e. The van der Waals surface area contributed by atoms with Crippen molar-refractivity contribution < 1.29 is 23.9 Å². The maximum absolute atomic E-state index is 12.9. The SMILES string of the molecule is COc1ccc(OC)c(N2C[C@@H](C(=O)Nc3ccccc3C(=O)NC(C)C)CC2=O)c1. The van der Waals surface area contributed by atoms with E-state index in [0.29, 0.717) is 28.4 Å². The van der Waals surface area contributed by atoms with Crippen LogP contribution in [0.25, 0.3) is 0 Å². The first kappa shape index (κ1) is 22.1. The zero-order chi connectivity index (χ0) is 22.5. The van der Waals surface area contributed by atoms with Crippen molar-refractivity contribution in [2.24, 2.45) is 5.92 Å². The van der Waals surface area contributed by atoms with Crippen LogP contribution in [-0.2, 0) is 9.59 Å². The number of benzene rings is 2. The number of rotatable bonds is 7. The van der Waals surface area contributed by atoms with E-state index in [0.717, 1.165) is 0 Å². The summed E-state index contributed by atoms with van der Waals surface area (Å²) >= 11 is 0. The quantitative estimate of drug-likeness (QED) is 0.711. The van der Waals surface area contributed by atoms with Gasteiger partial charge >= 0.3 is 0 Å². The summed E-state index contributed by atoms with van der Waals surface area (Å²) in [7, 11) is 3.07. The summed E-state index contributed by atoms with van der Waals surface area (Å²) in [5.74, 6) is -0.228. The molecule has 2 aromatic carbocycles. The molecule has 0 bridgehead atoms. The molecule has 164 valence electrons. The van der Waals surface area contributed by atoms with Gasteiger partial charge in [0.1, 0.15) is 11.5 Å². The van der Waals surface area contributed by atoms with Gasteiger partial charge in [-0.05, 0) is 38.1 Å². The van der Waals surface area contributed by atoms with E-state index < -0.39 is 5.92 Å². The van der Waals surface area contributed by atoms with Gasteiger partial charge in [0, 0.05) is 25.1 Å². The van der Waals surface area contributed by atoms with Crippen molar-refractivity contribution in [1.29, 1.82) is 0 Å².